The smallest absolute Gasteiger partial charge is 0.255 e. The molecule has 1 aliphatic heterocycles. The Morgan fingerprint density at radius 2 is 2.00 bits per heavy atom. The van der Waals surface area contributed by atoms with Crippen molar-refractivity contribution in [2.45, 2.75) is 12.8 Å². The van der Waals surface area contributed by atoms with Gasteiger partial charge >= 0.3 is 0 Å². The van der Waals surface area contributed by atoms with E-state index >= 15 is 0 Å². The summed E-state index contributed by atoms with van der Waals surface area (Å²) in [6.07, 6.45) is 0. The normalized spacial score (nSPS) is 18.0. The molecule has 0 radical (unpaired) electrons. The molecule has 3 rings (SSSR count). The molecule has 0 saturated carbocycles. The topological polar surface area (TPSA) is 94.4 Å². The predicted octanol–water partition coefficient (Wildman–Crippen LogP) is 1.66. The fourth-order valence-electron chi connectivity index (χ4n) is 3.13. The number of ether oxygens (including phenoxy) is 1. The van der Waals surface area contributed by atoms with Crippen LogP contribution < -0.4 is 15.0 Å². The summed E-state index contributed by atoms with van der Waals surface area (Å²) in [6.45, 7) is 2.15. The highest BCUT2D eigenvalue weighted by atomic mass is 19.1. The molecule has 1 fully saturated rings. The van der Waals surface area contributed by atoms with Crippen molar-refractivity contribution in [1.29, 1.82) is 5.41 Å². The van der Waals surface area contributed by atoms with Crippen LogP contribution in [-0.4, -0.2) is 60.5 Å². The molecule has 29 heavy (non-hydrogen) atoms. The van der Waals surface area contributed by atoms with Crippen LogP contribution in [0.5, 0.6) is 5.88 Å². The third-order valence-electron chi connectivity index (χ3n) is 4.77. The fraction of sp³-hybridized carbons (Fsp3) is 0.368. The van der Waals surface area contributed by atoms with Crippen LogP contribution >= 0.6 is 0 Å². The molecule has 2 aromatic rings. The molecular formula is C19H22F2N6O2. The first kappa shape index (κ1) is 20.4. The Labute approximate surface area is 167 Å². The molecule has 0 unspecified atom stereocenters. The zero-order chi connectivity index (χ0) is 21.1. The number of likely N-dealkylation sites (N-methyl/N-ethyl adjacent to an activating group) is 1. The molecule has 1 amide bonds. The van der Waals surface area contributed by atoms with Crippen molar-refractivity contribution in [2.24, 2.45) is 0 Å². The van der Waals surface area contributed by atoms with Crippen molar-refractivity contribution in [3.05, 3.63) is 47.2 Å². The van der Waals surface area contributed by atoms with E-state index < -0.39 is 23.5 Å². The molecular weight excluding hydrogens is 382 g/mol. The average Bonchev–Trinajstić information content (AvgIpc) is 2.76. The summed E-state index contributed by atoms with van der Waals surface area (Å²) in [5.41, 5.74) is 0.299. The summed E-state index contributed by atoms with van der Waals surface area (Å²) in [5, 5.41) is 10.9. The molecule has 1 saturated heterocycles. The molecule has 0 bridgehead atoms. The van der Waals surface area contributed by atoms with Gasteiger partial charge in [0.15, 0.2) is 5.96 Å². The van der Waals surface area contributed by atoms with Crippen molar-refractivity contribution in [3.8, 4) is 5.88 Å². The van der Waals surface area contributed by atoms with E-state index in [1.807, 2.05) is 0 Å². The summed E-state index contributed by atoms with van der Waals surface area (Å²) in [5.74, 6) is -2.70. The largest absolute Gasteiger partial charge is 0.479 e. The van der Waals surface area contributed by atoms with Gasteiger partial charge in [-0.2, -0.15) is 9.37 Å². The number of guanidine groups is 1. The number of methoxy groups -OCH3 is 1. The van der Waals surface area contributed by atoms with Gasteiger partial charge in [0.1, 0.15) is 5.82 Å². The van der Waals surface area contributed by atoms with E-state index in [0.717, 1.165) is 4.90 Å². The number of hydrogen-bond acceptors (Lipinski definition) is 6. The number of carbonyl (C=O) groups is 1. The van der Waals surface area contributed by atoms with Crippen LogP contribution in [-0.2, 0) is 4.79 Å². The molecule has 10 heteroatoms. The van der Waals surface area contributed by atoms with Gasteiger partial charge in [-0.1, -0.05) is 18.2 Å². The Balaban J connectivity index is 2.07. The van der Waals surface area contributed by atoms with E-state index in [1.165, 1.54) is 33.2 Å². The van der Waals surface area contributed by atoms with Crippen LogP contribution in [0.15, 0.2) is 24.3 Å². The first-order chi connectivity index (χ1) is 13.8. The van der Waals surface area contributed by atoms with Crippen LogP contribution in [0.2, 0.25) is 0 Å². The molecule has 1 atom stereocenters. The first-order valence-corrected chi connectivity index (χ1v) is 9.01. The fourth-order valence-corrected chi connectivity index (χ4v) is 3.13. The molecule has 0 aliphatic carbocycles. The molecule has 2 heterocycles. The Morgan fingerprint density at radius 3 is 2.69 bits per heavy atom. The van der Waals surface area contributed by atoms with Crippen molar-refractivity contribution < 1.29 is 18.3 Å². The van der Waals surface area contributed by atoms with Crippen LogP contribution in [0.1, 0.15) is 17.2 Å². The zero-order valence-corrected chi connectivity index (χ0v) is 16.4. The lowest BCUT2D eigenvalue weighted by Gasteiger charge is -2.28. The average molecular weight is 404 g/mol. The molecule has 0 spiro atoms. The molecule has 2 N–H and O–H groups in total. The predicted molar refractivity (Wildman–Crippen MR) is 103 cm³/mol. The highest BCUT2D eigenvalue weighted by Gasteiger charge is 2.32. The second-order valence-electron chi connectivity index (χ2n) is 6.63. The van der Waals surface area contributed by atoms with Gasteiger partial charge in [0.2, 0.25) is 17.7 Å². The van der Waals surface area contributed by atoms with E-state index in [9.17, 15) is 13.6 Å². The van der Waals surface area contributed by atoms with E-state index in [4.69, 9.17) is 10.1 Å². The Morgan fingerprint density at radius 1 is 1.28 bits per heavy atom. The number of amides is 1. The standard InChI is InChI=1S/C19H22F2N6O2/c1-11-15(21)16(29-3)25-19(24-11)27-9-8-23-18(22)26(2)17(28)13(10-27)12-6-4-5-7-14(12)20/h4-7,13H,8-10H2,1-3H3,(H2,22,23)/t13-/m1/s1. The zero-order valence-electron chi connectivity index (χ0n) is 16.4. The maximum atomic E-state index is 14.5. The molecule has 8 nitrogen and oxygen atoms in total. The van der Waals surface area contributed by atoms with Crippen molar-refractivity contribution in [1.82, 2.24) is 20.2 Å². The van der Waals surface area contributed by atoms with E-state index in [2.05, 4.69) is 15.3 Å². The monoisotopic (exact) mass is 404 g/mol. The van der Waals surface area contributed by atoms with Gasteiger partial charge in [0, 0.05) is 32.2 Å². The minimum Gasteiger partial charge on any atom is -0.479 e. The van der Waals surface area contributed by atoms with E-state index in [1.54, 1.807) is 17.0 Å². The Kier molecular flexibility index (Phi) is 5.90. The lowest BCUT2D eigenvalue weighted by molar-refractivity contribution is -0.128. The maximum absolute atomic E-state index is 14.5. The highest BCUT2D eigenvalue weighted by Crippen LogP contribution is 2.26. The Bertz CT molecular complexity index is 939. The van der Waals surface area contributed by atoms with Gasteiger partial charge in [-0.15, -0.1) is 0 Å². The first-order valence-electron chi connectivity index (χ1n) is 9.01. The van der Waals surface area contributed by atoms with E-state index in [-0.39, 0.29) is 35.6 Å². The van der Waals surface area contributed by atoms with Crippen LogP contribution in [0.4, 0.5) is 14.7 Å². The van der Waals surface area contributed by atoms with Crippen LogP contribution in [0, 0.1) is 24.0 Å². The summed E-state index contributed by atoms with van der Waals surface area (Å²) < 4.78 is 33.6. The second kappa shape index (κ2) is 8.38. The van der Waals surface area contributed by atoms with Gasteiger partial charge in [-0.25, -0.2) is 9.37 Å². The molecule has 1 aromatic heterocycles. The SMILES string of the molecule is COc1nc(N2CCNC(=N)N(C)C(=O)[C@@H](c3ccccc3F)C2)nc(C)c1F. The van der Waals surface area contributed by atoms with Crippen LogP contribution in [0.3, 0.4) is 0 Å². The molecule has 154 valence electrons. The summed E-state index contributed by atoms with van der Waals surface area (Å²) in [4.78, 5) is 24.2. The number of nitrogens with one attached hydrogen (secondary N) is 2. The minimum atomic E-state index is -0.915. The number of hydrogen-bond donors (Lipinski definition) is 2. The number of carbonyl (C=O) groups excluding carboxylic acids is 1. The number of aromatic nitrogens is 2. The molecule has 1 aromatic carbocycles. The number of anilines is 1. The number of halogens is 2. The Hall–Kier alpha value is -3.30. The van der Waals surface area contributed by atoms with Crippen molar-refractivity contribution in [2.75, 3.05) is 38.7 Å². The number of benzene rings is 1. The highest BCUT2D eigenvalue weighted by molar-refractivity contribution is 5.98. The van der Waals surface area contributed by atoms with Crippen molar-refractivity contribution in [3.63, 3.8) is 0 Å². The number of aryl methyl sites for hydroxylation is 1. The van der Waals surface area contributed by atoms with Gasteiger partial charge in [-0.05, 0) is 13.0 Å². The third kappa shape index (κ3) is 4.10. The number of rotatable bonds is 3. The third-order valence-corrected chi connectivity index (χ3v) is 4.77. The lowest BCUT2D eigenvalue weighted by atomic mass is 9.96. The minimum absolute atomic E-state index is 0.0489. The second-order valence-corrected chi connectivity index (χ2v) is 6.63. The van der Waals surface area contributed by atoms with Crippen LogP contribution in [0.25, 0.3) is 0 Å². The maximum Gasteiger partial charge on any atom is 0.255 e. The van der Waals surface area contributed by atoms with Crippen molar-refractivity contribution >= 4 is 17.8 Å². The summed E-state index contributed by atoms with van der Waals surface area (Å²) in [6, 6.07) is 6.01. The van der Waals surface area contributed by atoms with Gasteiger partial charge in [0.05, 0.1) is 18.7 Å². The summed E-state index contributed by atoms with van der Waals surface area (Å²) >= 11 is 0. The summed E-state index contributed by atoms with van der Waals surface area (Å²) in [7, 11) is 2.76. The lowest BCUT2D eigenvalue weighted by Crippen LogP contribution is -2.44. The number of nitrogens with zero attached hydrogens (tertiary/aromatic N) is 4. The van der Waals surface area contributed by atoms with Gasteiger partial charge in [-0.3, -0.25) is 15.1 Å². The van der Waals surface area contributed by atoms with Gasteiger partial charge in [0.25, 0.3) is 5.88 Å². The molecule has 1 aliphatic rings. The quantitative estimate of drug-likeness (QED) is 0.808. The van der Waals surface area contributed by atoms with Gasteiger partial charge < -0.3 is 15.0 Å². The van der Waals surface area contributed by atoms with E-state index in [0.29, 0.717) is 13.1 Å².